The predicted octanol–water partition coefficient (Wildman–Crippen LogP) is 4.01. The summed E-state index contributed by atoms with van der Waals surface area (Å²) in [6.45, 7) is 0. The maximum Gasteiger partial charge on any atom is 0.233 e. The van der Waals surface area contributed by atoms with Gasteiger partial charge < -0.3 is 0 Å². The molecule has 0 spiro atoms. The molecule has 0 atom stereocenters. The van der Waals surface area contributed by atoms with E-state index in [0.717, 1.165) is 3.57 Å². The van der Waals surface area contributed by atoms with Crippen molar-refractivity contribution in [3.63, 3.8) is 0 Å². The van der Waals surface area contributed by atoms with Crippen molar-refractivity contribution in [1.29, 1.82) is 0 Å². The average Bonchev–Trinajstić information content (AvgIpc) is 2.39. The van der Waals surface area contributed by atoms with Gasteiger partial charge in [-0.1, -0.05) is 11.6 Å². The molecule has 0 aliphatic heterocycles. The van der Waals surface area contributed by atoms with Gasteiger partial charge in [-0.3, -0.25) is 9.59 Å². The molecule has 0 radical (unpaired) electrons. The highest BCUT2D eigenvalue weighted by Gasteiger charge is 2.17. The molecule has 0 fully saturated rings. The minimum absolute atomic E-state index is 0.350. The van der Waals surface area contributed by atoms with Crippen LogP contribution in [0.25, 0.3) is 0 Å². The van der Waals surface area contributed by atoms with Gasteiger partial charge in [0.25, 0.3) is 0 Å². The van der Waals surface area contributed by atoms with E-state index < -0.39 is 11.6 Å². The van der Waals surface area contributed by atoms with Crippen molar-refractivity contribution in [3.8, 4) is 0 Å². The number of carbonyl (C=O) groups excluding carboxylic acids is 2. The summed E-state index contributed by atoms with van der Waals surface area (Å²) in [6, 6.07) is 13.2. The number of ketones is 2. The van der Waals surface area contributed by atoms with Crippen LogP contribution in [0.2, 0.25) is 5.02 Å². The van der Waals surface area contributed by atoms with Gasteiger partial charge in [-0.15, -0.1) is 0 Å². The van der Waals surface area contributed by atoms with Crippen LogP contribution in [0.4, 0.5) is 0 Å². The van der Waals surface area contributed by atoms with Gasteiger partial charge in [0.15, 0.2) is 0 Å². The smallest absolute Gasteiger partial charge is 0.233 e. The summed E-state index contributed by atoms with van der Waals surface area (Å²) in [6.07, 6.45) is 0. The minimum Gasteiger partial charge on any atom is -0.285 e. The Morgan fingerprint density at radius 1 is 0.778 bits per heavy atom. The van der Waals surface area contributed by atoms with Crippen LogP contribution >= 0.6 is 34.2 Å². The van der Waals surface area contributed by atoms with Crippen LogP contribution in [0.1, 0.15) is 20.7 Å². The number of carbonyl (C=O) groups is 2. The first kappa shape index (κ1) is 13.2. The molecule has 4 heteroatoms. The number of Topliss-reactive ketones (excluding diaryl/α,β-unsaturated/α-hetero) is 2. The molecule has 0 saturated carbocycles. The van der Waals surface area contributed by atoms with Gasteiger partial charge in [0.1, 0.15) is 0 Å². The molecule has 0 amide bonds. The lowest BCUT2D eigenvalue weighted by atomic mass is 10.0. The highest BCUT2D eigenvalue weighted by Crippen LogP contribution is 2.13. The molecule has 0 bridgehead atoms. The lowest BCUT2D eigenvalue weighted by Gasteiger charge is -2.01. The fraction of sp³-hybridized carbons (Fsp3) is 0. The van der Waals surface area contributed by atoms with Crippen molar-refractivity contribution < 1.29 is 9.59 Å². The Bertz CT molecular complexity index is 533. The van der Waals surface area contributed by atoms with Crippen LogP contribution in [0.5, 0.6) is 0 Å². The zero-order valence-electron chi connectivity index (χ0n) is 9.19. The summed E-state index contributed by atoms with van der Waals surface area (Å²) >= 11 is 7.87. The highest BCUT2D eigenvalue weighted by atomic mass is 127. The Kier molecular flexibility index (Phi) is 4.14. The van der Waals surface area contributed by atoms with Gasteiger partial charge in [0, 0.05) is 19.7 Å². The van der Waals surface area contributed by atoms with E-state index in [1.165, 1.54) is 0 Å². The van der Waals surface area contributed by atoms with Crippen molar-refractivity contribution in [3.05, 3.63) is 68.3 Å². The predicted molar refractivity (Wildman–Crippen MR) is 79.3 cm³/mol. The molecular formula is C14H8ClIO2. The SMILES string of the molecule is O=C(C(=O)c1ccc(I)cc1)c1ccc(Cl)cc1. The van der Waals surface area contributed by atoms with Crippen LogP contribution in [0, 0.1) is 3.57 Å². The van der Waals surface area contributed by atoms with E-state index in [1.807, 2.05) is 0 Å². The molecule has 0 N–H and O–H groups in total. The third-order valence-electron chi connectivity index (χ3n) is 2.42. The second kappa shape index (κ2) is 5.63. The van der Waals surface area contributed by atoms with Crippen molar-refractivity contribution >= 4 is 45.8 Å². The van der Waals surface area contributed by atoms with Gasteiger partial charge >= 0.3 is 0 Å². The zero-order valence-corrected chi connectivity index (χ0v) is 12.1. The Morgan fingerprint density at radius 2 is 1.17 bits per heavy atom. The van der Waals surface area contributed by atoms with Gasteiger partial charge in [0.05, 0.1) is 0 Å². The molecule has 2 nitrogen and oxygen atoms in total. The van der Waals surface area contributed by atoms with Crippen LogP contribution in [0.3, 0.4) is 0 Å². The van der Waals surface area contributed by atoms with Crippen molar-refractivity contribution in [2.24, 2.45) is 0 Å². The van der Waals surface area contributed by atoms with Crippen LogP contribution < -0.4 is 0 Å². The van der Waals surface area contributed by atoms with Gasteiger partial charge in [-0.05, 0) is 71.1 Å². The molecule has 2 aromatic carbocycles. The first-order valence-electron chi connectivity index (χ1n) is 5.18. The van der Waals surface area contributed by atoms with Crippen molar-refractivity contribution in [2.75, 3.05) is 0 Å². The molecule has 0 saturated heterocycles. The van der Waals surface area contributed by atoms with Gasteiger partial charge in [-0.25, -0.2) is 0 Å². The summed E-state index contributed by atoms with van der Waals surface area (Å²) in [5.41, 5.74) is 0.748. The number of halogens is 2. The highest BCUT2D eigenvalue weighted by molar-refractivity contribution is 14.1. The Hall–Kier alpha value is -1.20. The monoisotopic (exact) mass is 370 g/mol. The topological polar surface area (TPSA) is 34.1 Å². The van der Waals surface area contributed by atoms with Crippen molar-refractivity contribution in [2.45, 2.75) is 0 Å². The van der Waals surface area contributed by atoms with E-state index in [1.54, 1.807) is 48.5 Å². The fourth-order valence-corrected chi connectivity index (χ4v) is 1.95. The van der Waals surface area contributed by atoms with E-state index in [9.17, 15) is 9.59 Å². The molecule has 0 aromatic heterocycles. The molecule has 2 rings (SSSR count). The Balaban J connectivity index is 2.26. The molecule has 2 aromatic rings. The molecule has 0 aliphatic rings. The Morgan fingerprint density at radius 3 is 1.61 bits per heavy atom. The standard InChI is InChI=1S/C14H8ClIO2/c15-11-5-1-9(2-6-11)13(17)14(18)10-3-7-12(16)8-4-10/h1-8H. The van der Waals surface area contributed by atoms with E-state index >= 15 is 0 Å². The molecular weight excluding hydrogens is 363 g/mol. The summed E-state index contributed by atoms with van der Waals surface area (Å²) in [4.78, 5) is 23.9. The molecule has 18 heavy (non-hydrogen) atoms. The first-order valence-corrected chi connectivity index (χ1v) is 6.64. The third kappa shape index (κ3) is 2.97. The number of benzene rings is 2. The third-order valence-corrected chi connectivity index (χ3v) is 3.39. The van der Waals surface area contributed by atoms with E-state index in [-0.39, 0.29) is 0 Å². The van der Waals surface area contributed by atoms with Crippen LogP contribution in [-0.4, -0.2) is 11.6 Å². The van der Waals surface area contributed by atoms with Crippen LogP contribution in [0.15, 0.2) is 48.5 Å². The number of hydrogen-bond acceptors (Lipinski definition) is 2. The molecule has 0 unspecified atom stereocenters. The summed E-state index contributed by atoms with van der Waals surface area (Å²) in [5, 5.41) is 0.535. The maximum atomic E-state index is 12.0. The molecule has 0 aliphatic carbocycles. The number of rotatable bonds is 3. The zero-order chi connectivity index (χ0) is 13.1. The second-order valence-electron chi connectivity index (χ2n) is 3.67. The summed E-state index contributed by atoms with van der Waals surface area (Å²) < 4.78 is 1.02. The van der Waals surface area contributed by atoms with E-state index in [4.69, 9.17) is 11.6 Å². The molecule has 90 valence electrons. The normalized spacial score (nSPS) is 10.1. The second-order valence-corrected chi connectivity index (χ2v) is 5.35. The largest absolute Gasteiger partial charge is 0.285 e. The molecule has 0 heterocycles. The minimum atomic E-state index is -0.520. The lowest BCUT2D eigenvalue weighted by Crippen LogP contribution is -2.14. The van der Waals surface area contributed by atoms with Crippen LogP contribution in [-0.2, 0) is 0 Å². The van der Waals surface area contributed by atoms with Crippen molar-refractivity contribution in [1.82, 2.24) is 0 Å². The Labute approximate surface area is 123 Å². The van der Waals surface area contributed by atoms with Gasteiger partial charge in [0.2, 0.25) is 11.6 Å². The van der Waals surface area contributed by atoms with E-state index in [2.05, 4.69) is 22.6 Å². The average molecular weight is 371 g/mol. The maximum absolute atomic E-state index is 12.0. The first-order chi connectivity index (χ1) is 8.58. The lowest BCUT2D eigenvalue weighted by molar-refractivity contribution is 0.0817. The quantitative estimate of drug-likeness (QED) is 0.465. The number of hydrogen-bond donors (Lipinski definition) is 0. The van der Waals surface area contributed by atoms with E-state index in [0.29, 0.717) is 16.1 Å². The van der Waals surface area contributed by atoms with Gasteiger partial charge in [-0.2, -0.15) is 0 Å². The fourth-order valence-electron chi connectivity index (χ4n) is 1.46. The summed E-state index contributed by atoms with van der Waals surface area (Å²) in [7, 11) is 0. The summed E-state index contributed by atoms with van der Waals surface area (Å²) in [5.74, 6) is -1.03.